The molecule has 0 heterocycles. The van der Waals surface area contributed by atoms with Crippen molar-refractivity contribution >= 4 is 15.9 Å². The molecule has 0 aromatic heterocycles. The summed E-state index contributed by atoms with van der Waals surface area (Å²) >= 11 is 0. The average molecular weight is 388 g/mol. The van der Waals surface area contributed by atoms with E-state index < -0.39 is 10.0 Å². The summed E-state index contributed by atoms with van der Waals surface area (Å²) in [5.74, 6) is -0.324. The topological polar surface area (TPSA) is 78.5 Å². The predicted octanol–water partition coefficient (Wildman–Crippen LogP) is 2.14. The molecule has 0 atom stereocenters. The zero-order chi connectivity index (χ0) is 19.9. The fourth-order valence-corrected chi connectivity index (χ4v) is 3.60. The molecule has 27 heavy (non-hydrogen) atoms. The van der Waals surface area contributed by atoms with Crippen LogP contribution in [0, 0.1) is 0 Å². The third kappa shape index (κ3) is 6.02. The molecule has 1 amide bonds. The van der Waals surface area contributed by atoms with Gasteiger partial charge in [0.2, 0.25) is 10.0 Å². The largest absolute Gasteiger partial charge is 0.348 e. The Labute approximate surface area is 161 Å². The monoisotopic (exact) mass is 387 g/mol. The lowest BCUT2D eigenvalue weighted by molar-refractivity contribution is 0.0950. The predicted molar refractivity (Wildman–Crippen MR) is 107 cm³/mol. The van der Waals surface area contributed by atoms with Gasteiger partial charge in [0.25, 0.3) is 5.91 Å². The summed E-state index contributed by atoms with van der Waals surface area (Å²) in [6.45, 7) is 4.76. The molecule has 0 unspecified atom stereocenters. The smallest absolute Gasteiger partial charge is 0.251 e. The summed E-state index contributed by atoms with van der Waals surface area (Å²) in [6.07, 6.45) is 1.46. The molecule has 0 saturated carbocycles. The highest BCUT2D eigenvalue weighted by Crippen LogP contribution is 2.13. The van der Waals surface area contributed by atoms with E-state index in [0.717, 1.165) is 17.7 Å². The number of nitrogens with zero attached hydrogens (tertiary/aromatic N) is 1. The van der Waals surface area contributed by atoms with Gasteiger partial charge in [0.1, 0.15) is 0 Å². The van der Waals surface area contributed by atoms with Gasteiger partial charge in [0, 0.05) is 25.2 Å². The van der Waals surface area contributed by atoms with E-state index in [4.69, 9.17) is 0 Å². The molecular weight excluding hydrogens is 362 g/mol. The first-order valence-corrected chi connectivity index (χ1v) is 10.0. The maximum atomic E-state index is 12.5. The first-order valence-electron chi connectivity index (χ1n) is 8.54. The Balaban J connectivity index is 2.11. The van der Waals surface area contributed by atoms with E-state index in [1.54, 1.807) is 12.1 Å². The van der Waals surface area contributed by atoms with Gasteiger partial charge in [-0.3, -0.25) is 4.79 Å². The molecule has 2 N–H and O–H groups in total. The number of rotatable bonds is 9. The van der Waals surface area contributed by atoms with Crippen molar-refractivity contribution in [1.29, 1.82) is 0 Å². The van der Waals surface area contributed by atoms with Gasteiger partial charge in [-0.2, -0.15) is 0 Å². The quantitative estimate of drug-likeness (QED) is 0.646. The van der Waals surface area contributed by atoms with Crippen LogP contribution in [-0.4, -0.2) is 39.9 Å². The van der Waals surface area contributed by atoms with Crippen LogP contribution in [0.4, 0.5) is 0 Å². The van der Waals surface area contributed by atoms with Crippen LogP contribution in [-0.2, 0) is 23.1 Å². The van der Waals surface area contributed by atoms with Crippen molar-refractivity contribution in [2.75, 3.05) is 20.6 Å². The summed E-state index contributed by atoms with van der Waals surface area (Å²) in [7, 11) is 0.303. The number of hydrogen-bond acceptors (Lipinski definition) is 4. The number of sulfonamides is 1. The zero-order valence-corrected chi connectivity index (χ0v) is 16.4. The van der Waals surface area contributed by atoms with Crippen molar-refractivity contribution in [1.82, 2.24) is 14.9 Å². The average Bonchev–Trinajstić information content (AvgIpc) is 2.65. The second-order valence-corrected chi connectivity index (χ2v) is 8.12. The third-order valence-electron chi connectivity index (χ3n) is 3.87. The van der Waals surface area contributed by atoms with Crippen LogP contribution in [0.1, 0.15) is 21.5 Å². The maximum Gasteiger partial charge on any atom is 0.251 e. The lowest BCUT2D eigenvalue weighted by Gasteiger charge is -2.15. The van der Waals surface area contributed by atoms with Crippen LogP contribution in [0.5, 0.6) is 0 Å². The Kier molecular flexibility index (Phi) is 7.29. The third-order valence-corrected chi connectivity index (χ3v) is 5.29. The Hall–Kier alpha value is -2.48. The van der Waals surface area contributed by atoms with Crippen LogP contribution >= 0.6 is 0 Å². The van der Waals surface area contributed by atoms with Gasteiger partial charge in [-0.1, -0.05) is 36.4 Å². The molecule has 0 fully saturated rings. The molecule has 0 aliphatic rings. The normalized spacial score (nSPS) is 11.4. The molecule has 6 nitrogen and oxygen atoms in total. The molecule has 0 radical (unpaired) electrons. The minimum absolute atomic E-state index is 0.0463. The highest BCUT2D eigenvalue weighted by Gasteiger charge is 2.15. The molecule has 0 saturated heterocycles. The minimum Gasteiger partial charge on any atom is -0.348 e. The summed E-state index contributed by atoms with van der Waals surface area (Å²) in [6, 6.07) is 13.9. The summed E-state index contributed by atoms with van der Waals surface area (Å²) < 4.78 is 26.8. The number of carbonyl (C=O) groups is 1. The summed E-state index contributed by atoms with van der Waals surface area (Å²) in [4.78, 5) is 14.6. The fraction of sp³-hybridized carbons (Fsp3) is 0.250. The molecular formula is C20H25N3O3S. The van der Waals surface area contributed by atoms with Crippen molar-refractivity contribution < 1.29 is 13.2 Å². The number of nitrogens with one attached hydrogen (secondary N) is 2. The van der Waals surface area contributed by atoms with E-state index in [1.807, 2.05) is 38.4 Å². The Morgan fingerprint density at radius 1 is 1.11 bits per heavy atom. The molecule has 2 aromatic carbocycles. The Morgan fingerprint density at radius 3 is 2.48 bits per heavy atom. The molecule has 2 rings (SSSR count). The van der Waals surface area contributed by atoms with Crippen LogP contribution in [0.15, 0.2) is 66.1 Å². The SMILES string of the molecule is C=CCNS(=O)(=O)c1cccc(C(=O)NCc2ccccc2CN(C)C)c1. The first-order chi connectivity index (χ1) is 12.8. The van der Waals surface area contributed by atoms with Crippen LogP contribution < -0.4 is 10.0 Å². The number of benzene rings is 2. The van der Waals surface area contributed by atoms with Crippen molar-refractivity contribution in [3.63, 3.8) is 0 Å². The molecule has 2 aromatic rings. The van der Waals surface area contributed by atoms with Gasteiger partial charge in [-0.05, 0) is 43.4 Å². The second-order valence-electron chi connectivity index (χ2n) is 6.36. The van der Waals surface area contributed by atoms with Gasteiger partial charge in [0.05, 0.1) is 4.90 Å². The Morgan fingerprint density at radius 2 is 1.81 bits per heavy atom. The van der Waals surface area contributed by atoms with Crippen LogP contribution in [0.2, 0.25) is 0 Å². The minimum atomic E-state index is -3.67. The summed E-state index contributed by atoms with van der Waals surface area (Å²) in [5, 5.41) is 2.86. The zero-order valence-electron chi connectivity index (χ0n) is 15.6. The second kappa shape index (κ2) is 9.45. The number of hydrogen-bond donors (Lipinski definition) is 2. The van der Waals surface area contributed by atoms with Gasteiger partial charge < -0.3 is 10.2 Å². The van der Waals surface area contributed by atoms with Gasteiger partial charge in [0.15, 0.2) is 0 Å². The van der Waals surface area contributed by atoms with Crippen LogP contribution in [0.25, 0.3) is 0 Å². The standard InChI is InChI=1S/C20H25N3O3S/c1-4-12-22-27(25,26)19-11-7-10-16(13-19)20(24)21-14-17-8-5-6-9-18(17)15-23(2)3/h4-11,13,22H,1,12,14-15H2,2-3H3,(H,21,24). The van der Waals surface area contributed by atoms with Crippen molar-refractivity contribution in [2.45, 2.75) is 18.0 Å². The van der Waals surface area contributed by atoms with E-state index >= 15 is 0 Å². The highest BCUT2D eigenvalue weighted by atomic mass is 32.2. The fourth-order valence-electron chi connectivity index (χ4n) is 2.56. The number of amides is 1. The Bertz CT molecular complexity index is 908. The first kappa shape index (κ1) is 20.8. The summed E-state index contributed by atoms with van der Waals surface area (Å²) in [5.41, 5.74) is 2.45. The van der Waals surface area contributed by atoms with E-state index in [-0.39, 0.29) is 17.3 Å². The lowest BCUT2D eigenvalue weighted by atomic mass is 10.1. The van der Waals surface area contributed by atoms with Crippen molar-refractivity contribution in [2.24, 2.45) is 0 Å². The number of carbonyl (C=O) groups excluding carboxylic acids is 1. The molecule has 0 aliphatic carbocycles. The molecule has 144 valence electrons. The molecule has 0 bridgehead atoms. The molecule has 0 spiro atoms. The maximum absolute atomic E-state index is 12.5. The molecule has 7 heteroatoms. The van der Waals surface area contributed by atoms with E-state index in [1.165, 1.54) is 18.2 Å². The molecule has 0 aliphatic heterocycles. The lowest BCUT2D eigenvalue weighted by Crippen LogP contribution is -2.26. The van der Waals surface area contributed by atoms with Gasteiger partial charge >= 0.3 is 0 Å². The van der Waals surface area contributed by atoms with Crippen LogP contribution in [0.3, 0.4) is 0 Å². The van der Waals surface area contributed by atoms with E-state index in [9.17, 15) is 13.2 Å². The van der Waals surface area contributed by atoms with E-state index in [0.29, 0.717) is 12.1 Å². The van der Waals surface area contributed by atoms with Gasteiger partial charge in [-0.25, -0.2) is 13.1 Å². The van der Waals surface area contributed by atoms with E-state index in [2.05, 4.69) is 21.5 Å². The van der Waals surface area contributed by atoms with Gasteiger partial charge in [-0.15, -0.1) is 6.58 Å². The van der Waals surface area contributed by atoms with Crippen molar-refractivity contribution in [3.8, 4) is 0 Å². The highest BCUT2D eigenvalue weighted by molar-refractivity contribution is 7.89. The van der Waals surface area contributed by atoms with Crippen molar-refractivity contribution in [3.05, 3.63) is 77.9 Å².